The molecule has 0 spiro atoms. The maximum atomic E-state index is 12.1. The van der Waals surface area contributed by atoms with Crippen LogP contribution in [0.2, 0.25) is 0 Å². The van der Waals surface area contributed by atoms with E-state index in [1.54, 1.807) is 19.1 Å². The Morgan fingerprint density at radius 3 is 2.74 bits per heavy atom. The Morgan fingerprint density at radius 1 is 1.42 bits per heavy atom. The molecule has 0 bridgehead atoms. The number of nitro benzene ring substituents is 1. The van der Waals surface area contributed by atoms with Crippen LogP contribution < -0.4 is 5.32 Å². The van der Waals surface area contributed by atoms with Gasteiger partial charge in [-0.1, -0.05) is 6.07 Å². The molecule has 6 heteroatoms. The second-order valence-corrected chi connectivity index (χ2v) is 4.64. The van der Waals surface area contributed by atoms with Gasteiger partial charge in [0.15, 0.2) is 0 Å². The van der Waals surface area contributed by atoms with Gasteiger partial charge in [-0.3, -0.25) is 14.9 Å². The largest absolute Gasteiger partial charge is 0.381 e. The molecule has 1 aliphatic rings. The van der Waals surface area contributed by atoms with Gasteiger partial charge in [-0.05, 0) is 31.4 Å². The summed E-state index contributed by atoms with van der Waals surface area (Å²) in [5.41, 5.74) is 0.786. The van der Waals surface area contributed by atoms with E-state index in [0.717, 1.165) is 18.4 Å². The van der Waals surface area contributed by atoms with Crippen LogP contribution in [0.1, 0.15) is 28.8 Å². The first kappa shape index (κ1) is 13.5. The summed E-state index contributed by atoms with van der Waals surface area (Å²) in [5.74, 6) is -0.387. The molecule has 102 valence electrons. The van der Waals surface area contributed by atoms with Gasteiger partial charge in [0.25, 0.3) is 11.6 Å². The molecule has 0 aromatic heterocycles. The SMILES string of the molecule is Cc1ccc([N+](=O)[O-])c(C(=O)NC2CCOCC2)c1. The van der Waals surface area contributed by atoms with Crippen LogP contribution in [0.25, 0.3) is 0 Å². The fraction of sp³-hybridized carbons (Fsp3) is 0.462. The van der Waals surface area contributed by atoms with Gasteiger partial charge >= 0.3 is 0 Å². The zero-order chi connectivity index (χ0) is 13.8. The van der Waals surface area contributed by atoms with Crippen LogP contribution in [-0.4, -0.2) is 30.1 Å². The number of carbonyl (C=O) groups excluding carboxylic acids is 1. The number of nitro groups is 1. The first-order chi connectivity index (χ1) is 9.08. The van der Waals surface area contributed by atoms with Gasteiger partial charge in [0, 0.05) is 25.3 Å². The van der Waals surface area contributed by atoms with Crippen molar-refractivity contribution in [2.75, 3.05) is 13.2 Å². The number of amides is 1. The van der Waals surface area contributed by atoms with Crippen LogP contribution in [0.15, 0.2) is 18.2 Å². The molecule has 1 aliphatic heterocycles. The molecular formula is C13H16N2O4. The van der Waals surface area contributed by atoms with Gasteiger partial charge in [-0.15, -0.1) is 0 Å². The summed E-state index contributed by atoms with van der Waals surface area (Å²) in [4.78, 5) is 22.5. The van der Waals surface area contributed by atoms with Gasteiger partial charge in [0.1, 0.15) is 5.56 Å². The first-order valence-electron chi connectivity index (χ1n) is 6.21. The molecule has 1 fully saturated rings. The third-order valence-electron chi connectivity index (χ3n) is 3.15. The van der Waals surface area contributed by atoms with Crippen LogP contribution in [0, 0.1) is 17.0 Å². The third-order valence-corrected chi connectivity index (χ3v) is 3.15. The molecule has 6 nitrogen and oxygen atoms in total. The lowest BCUT2D eigenvalue weighted by atomic mass is 10.1. The van der Waals surface area contributed by atoms with E-state index in [-0.39, 0.29) is 23.2 Å². The van der Waals surface area contributed by atoms with E-state index in [0.29, 0.717) is 13.2 Å². The topological polar surface area (TPSA) is 81.5 Å². The van der Waals surface area contributed by atoms with E-state index in [4.69, 9.17) is 4.74 Å². The number of hydrogen-bond donors (Lipinski definition) is 1. The molecule has 0 aliphatic carbocycles. The van der Waals surface area contributed by atoms with E-state index in [1.807, 2.05) is 0 Å². The molecule has 1 heterocycles. The monoisotopic (exact) mass is 264 g/mol. The van der Waals surface area contributed by atoms with Crippen molar-refractivity contribution < 1.29 is 14.5 Å². The standard InChI is InChI=1S/C13H16N2O4/c1-9-2-3-12(15(17)18)11(8-9)13(16)14-10-4-6-19-7-5-10/h2-3,8,10H,4-7H2,1H3,(H,14,16). The van der Waals surface area contributed by atoms with Crippen LogP contribution >= 0.6 is 0 Å². The average molecular weight is 264 g/mol. The molecule has 19 heavy (non-hydrogen) atoms. The van der Waals surface area contributed by atoms with Crippen molar-refractivity contribution in [1.29, 1.82) is 0 Å². The second kappa shape index (κ2) is 5.79. The van der Waals surface area contributed by atoms with Gasteiger partial charge in [0.05, 0.1) is 4.92 Å². The lowest BCUT2D eigenvalue weighted by molar-refractivity contribution is -0.385. The van der Waals surface area contributed by atoms with E-state index >= 15 is 0 Å². The van der Waals surface area contributed by atoms with Gasteiger partial charge in [0.2, 0.25) is 0 Å². The highest BCUT2D eigenvalue weighted by Gasteiger charge is 2.23. The average Bonchev–Trinajstić information content (AvgIpc) is 2.39. The molecular weight excluding hydrogens is 248 g/mol. The first-order valence-corrected chi connectivity index (χ1v) is 6.21. The maximum absolute atomic E-state index is 12.1. The van der Waals surface area contributed by atoms with E-state index in [2.05, 4.69) is 5.32 Å². The number of rotatable bonds is 3. The van der Waals surface area contributed by atoms with Crippen LogP contribution in [0.5, 0.6) is 0 Å². The Hall–Kier alpha value is -1.95. The zero-order valence-corrected chi connectivity index (χ0v) is 10.7. The minimum Gasteiger partial charge on any atom is -0.381 e. The number of hydrogen-bond acceptors (Lipinski definition) is 4. The van der Waals surface area contributed by atoms with Crippen molar-refractivity contribution in [3.8, 4) is 0 Å². The van der Waals surface area contributed by atoms with E-state index in [9.17, 15) is 14.9 Å². The molecule has 1 amide bonds. The van der Waals surface area contributed by atoms with Gasteiger partial charge < -0.3 is 10.1 Å². The Kier molecular flexibility index (Phi) is 4.11. The minimum atomic E-state index is -0.529. The molecule has 1 aromatic carbocycles. The summed E-state index contributed by atoms with van der Waals surface area (Å²) in [5, 5.41) is 13.8. The quantitative estimate of drug-likeness (QED) is 0.666. The second-order valence-electron chi connectivity index (χ2n) is 4.64. The van der Waals surface area contributed by atoms with Crippen molar-refractivity contribution >= 4 is 11.6 Å². The molecule has 1 N–H and O–H groups in total. The Bertz CT molecular complexity index is 495. The zero-order valence-electron chi connectivity index (χ0n) is 10.7. The van der Waals surface area contributed by atoms with E-state index in [1.165, 1.54) is 6.07 Å². The van der Waals surface area contributed by atoms with Gasteiger partial charge in [-0.2, -0.15) is 0 Å². The van der Waals surface area contributed by atoms with Crippen molar-refractivity contribution in [1.82, 2.24) is 5.32 Å². The molecule has 1 saturated heterocycles. The molecule has 1 aromatic rings. The maximum Gasteiger partial charge on any atom is 0.282 e. The van der Waals surface area contributed by atoms with Crippen molar-refractivity contribution in [2.24, 2.45) is 0 Å². The number of nitrogens with one attached hydrogen (secondary N) is 1. The minimum absolute atomic E-state index is 0.0290. The predicted molar refractivity (Wildman–Crippen MR) is 69.1 cm³/mol. The van der Waals surface area contributed by atoms with Crippen LogP contribution in [0.4, 0.5) is 5.69 Å². The highest BCUT2D eigenvalue weighted by molar-refractivity contribution is 5.98. The van der Waals surface area contributed by atoms with Gasteiger partial charge in [-0.25, -0.2) is 0 Å². The summed E-state index contributed by atoms with van der Waals surface area (Å²) in [6.45, 7) is 3.02. The summed E-state index contributed by atoms with van der Waals surface area (Å²) in [6, 6.07) is 4.58. The predicted octanol–water partition coefficient (Wildman–Crippen LogP) is 1.81. The molecule has 0 atom stereocenters. The number of nitrogens with zero attached hydrogens (tertiary/aromatic N) is 1. The van der Waals surface area contributed by atoms with E-state index < -0.39 is 4.92 Å². The van der Waals surface area contributed by atoms with Crippen molar-refractivity contribution in [2.45, 2.75) is 25.8 Å². The summed E-state index contributed by atoms with van der Waals surface area (Å²) >= 11 is 0. The Morgan fingerprint density at radius 2 is 2.11 bits per heavy atom. The lowest BCUT2D eigenvalue weighted by Gasteiger charge is -2.23. The molecule has 2 rings (SSSR count). The number of benzene rings is 1. The normalized spacial score (nSPS) is 16.1. The smallest absolute Gasteiger partial charge is 0.282 e. The van der Waals surface area contributed by atoms with Crippen LogP contribution in [-0.2, 0) is 4.74 Å². The van der Waals surface area contributed by atoms with Crippen molar-refractivity contribution in [3.05, 3.63) is 39.4 Å². The molecule has 0 saturated carbocycles. The Labute approximate surface area is 110 Å². The Balaban J connectivity index is 2.17. The number of ether oxygens (including phenoxy) is 1. The summed E-state index contributed by atoms with van der Waals surface area (Å²) < 4.78 is 5.21. The molecule has 0 radical (unpaired) electrons. The van der Waals surface area contributed by atoms with Crippen LogP contribution in [0.3, 0.4) is 0 Å². The fourth-order valence-electron chi connectivity index (χ4n) is 2.10. The third kappa shape index (κ3) is 3.29. The van der Waals surface area contributed by atoms with Crippen molar-refractivity contribution in [3.63, 3.8) is 0 Å². The highest BCUT2D eigenvalue weighted by Crippen LogP contribution is 2.20. The number of aryl methyl sites for hydroxylation is 1. The fourth-order valence-corrected chi connectivity index (χ4v) is 2.10. The highest BCUT2D eigenvalue weighted by atomic mass is 16.6. The summed E-state index contributed by atoms with van der Waals surface area (Å²) in [6.07, 6.45) is 1.48. The summed E-state index contributed by atoms with van der Waals surface area (Å²) in [7, 11) is 0. The number of carbonyl (C=O) groups is 1. The molecule has 0 unspecified atom stereocenters. The lowest BCUT2D eigenvalue weighted by Crippen LogP contribution is -2.39.